The second kappa shape index (κ2) is 11.2. The number of aliphatic hydroxyl groups excluding tert-OH is 1. The Kier molecular flexibility index (Phi) is 7.60. The van der Waals surface area contributed by atoms with E-state index in [1.54, 1.807) is 50.6 Å². The number of ether oxygens (including phenoxy) is 3. The summed E-state index contributed by atoms with van der Waals surface area (Å²) < 4.78 is 22.9. The van der Waals surface area contributed by atoms with Gasteiger partial charge < -0.3 is 29.1 Å². The van der Waals surface area contributed by atoms with Crippen LogP contribution in [0.3, 0.4) is 0 Å². The summed E-state index contributed by atoms with van der Waals surface area (Å²) in [4.78, 5) is 15.3. The van der Waals surface area contributed by atoms with Gasteiger partial charge in [-0.3, -0.25) is 4.90 Å². The molecule has 5 rings (SSSR count). The Morgan fingerprint density at radius 3 is 2.56 bits per heavy atom. The zero-order valence-corrected chi connectivity index (χ0v) is 22.3. The van der Waals surface area contributed by atoms with Crippen molar-refractivity contribution in [3.8, 4) is 40.3 Å². The van der Waals surface area contributed by atoms with Gasteiger partial charge >= 0.3 is 0 Å². The number of methoxy groups -OCH3 is 2. The number of aliphatic hydroxyl groups is 1. The summed E-state index contributed by atoms with van der Waals surface area (Å²) in [6, 6.07) is 9.60. The molecule has 1 fully saturated rings. The van der Waals surface area contributed by atoms with E-state index < -0.39 is 6.23 Å². The number of hydrogen-bond donors (Lipinski definition) is 2. The fourth-order valence-electron chi connectivity index (χ4n) is 4.58. The summed E-state index contributed by atoms with van der Waals surface area (Å²) in [7, 11) is 6.61. The van der Waals surface area contributed by atoms with Crippen LogP contribution in [-0.2, 0) is 4.74 Å². The molecule has 1 saturated heterocycles. The number of aromatic nitrogens is 3. The first-order valence-corrected chi connectivity index (χ1v) is 12.5. The third-order valence-electron chi connectivity index (χ3n) is 6.68. The van der Waals surface area contributed by atoms with Gasteiger partial charge in [-0.25, -0.2) is 15.0 Å². The Balaban J connectivity index is 1.57. The molecule has 0 amide bonds. The molecule has 2 N–H and O–H groups in total. The average molecular weight is 531 g/mol. The molecular weight excluding hydrogens is 500 g/mol. The van der Waals surface area contributed by atoms with Crippen molar-refractivity contribution in [1.29, 1.82) is 5.26 Å². The van der Waals surface area contributed by atoms with E-state index in [1.165, 1.54) is 7.11 Å². The van der Waals surface area contributed by atoms with Gasteiger partial charge in [-0.15, -0.1) is 0 Å². The molecule has 0 radical (unpaired) electrons. The monoisotopic (exact) mass is 530 g/mol. The Morgan fingerprint density at radius 2 is 1.87 bits per heavy atom. The lowest BCUT2D eigenvalue weighted by atomic mass is 10.1. The maximum Gasteiger partial charge on any atom is 0.166 e. The number of furan rings is 1. The van der Waals surface area contributed by atoms with Crippen molar-refractivity contribution in [2.24, 2.45) is 0 Å². The van der Waals surface area contributed by atoms with Crippen LogP contribution < -0.4 is 14.8 Å². The van der Waals surface area contributed by atoms with Crippen LogP contribution in [0.5, 0.6) is 11.5 Å². The highest BCUT2D eigenvalue weighted by molar-refractivity contribution is 5.95. The summed E-state index contributed by atoms with van der Waals surface area (Å²) in [5, 5.41) is 23.7. The fourth-order valence-corrected chi connectivity index (χ4v) is 4.58. The molecular formula is C28H30N6O5. The van der Waals surface area contributed by atoms with Crippen molar-refractivity contribution in [2.45, 2.75) is 25.1 Å². The molecule has 39 heavy (non-hydrogen) atoms. The largest absolute Gasteiger partial charge is 0.494 e. The molecule has 202 valence electrons. The Morgan fingerprint density at radius 1 is 1.10 bits per heavy atom. The van der Waals surface area contributed by atoms with Gasteiger partial charge in [0.05, 0.1) is 37.4 Å². The van der Waals surface area contributed by atoms with E-state index in [4.69, 9.17) is 18.6 Å². The van der Waals surface area contributed by atoms with E-state index in [0.717, 1.165) is 12.8 Å². The van der Waals surface area contributed by atoms with Crippen LogP contribution in [0.2, 0.25) is 0 Å². The topological polar surface area (TPSA) is 139 Å². The van der Waals surface area contributed by atoms with Gasteiger partial charge in [0.25, 0.3) is 0 Å². The van der Waals surface area contributed by atoms with Crippen molar-refractivity contribution >= 4 is 16.8 Å². The highest BCUT2D eigenvalue weighted by atomic mass is 16.5. The Labute approximate surface area is 226 Å². The molecule has 1 aliphatic heterocycles. The zero-order chi connectivity index (χ0) is 27.5. The van der Waals surface area contributed by atoms with Crippen LogP contribution in [0.15, 0.2) is 41.1 Å². The zero-order valence-electron chi connectivity index (χ0n) is 22.3. The summed E-state index contributed by atoms with van der Waals surface area (Å²) >= 11 is 0. The van der Waals surface area contributed by atoms with E-state index in [0.29, 0.717) is 69.8 Å². The number of nitrogens with one attached hydrogen (secondary N) is 1. The van der Waals surface area contributed by atoms with Crippen LogP contribution in [0.1, 0.15) is 30.3 Å². The number of rotatable bonds is 8. The van der Waals surface area contributed by atoms with Gasteiger partial charge in [0.1, 0.15) is 35.0 Å². The van der Waals surface area contributed by atoms with Crippen molar-refractivity contribution in [2.75, 3.05) is 46.8 Å². The van der Waals surface area contributed by atoms with Gasteiger partial charge in [-0.05, 0) is 45.1 Å². The molecule has 4 aromatic rings. The predicted molar refractivity (Wildman–Crippen MR) is 144 cm³/mol. The molecule has 11 nitrogen and oxygen atoms in total. The van der Waals surface area contributed by atoms with Crippen LogP contribution in [0.4, 0.5) is 5.69 Å². The molecule has 0 aliphatic carbocycles. The molecule has 0 bridgehead atoms. The molecule has 0 aromatic carbocycles. The van der Waals surface area contributed by atoms with Crippen molar-refractivity contribution < 1.29 is 23.7 Å². The lowest BCUT2D eigenvalue weighted by Crippen LogP contribution is -2.28. The average Bonchev–Trinajstić information content (AvgIpc) is 3.40. The normalized spacial score (nSPS) is 14.8. The number of nitrogens with zero attached hydrogens (tertiary/aromatic N) is 5. The van der Waals surface area contributed by atoms with Crippen molar-refractivity contribution in [1.82, 2.24) is 19.9 Å². The maximum atomic E-state index is 10.4. The lowest BCUT2D eigenvalue weighted by molar-refractivity contribution is 0.0391. The summed E-state index contributed by atoms with van der Waals surface area (Å²) in [5.41, 5.74) is 4.07. The van der Waals surface area contributed by atoms with Crippen LogP contribution in [-0.4, -0.2) is 72.5 Å². The SMILES string of the molecule is COc1cc(C(O)N(C)C)cnc1-c1cc2ncc(OC)c(-c3ccc(NC4CCOCC4)c(C#N)n3)c2o1. The molecule has 5 heterocycles. The number of pyridine rings is 3. The second-order valence-electron chi connectivity index (χ2n) is 9.42. The third-order valence-corrected chi connectivity index (χ3v) is 6.68. The van der Waals surface area contributed by atoms with Gasteiger partial charge in [-0.1, -0.05) is 0 Å². The highest BCUT2D eigenvalue weighted by Crippen LogP contribution is 2.41. The molecule has 1 unspecified atom stereocenters. The Hall–Kier alpha value is -4.24. The quantitative estimate of drug-likeness (QED) is 0.320. The molecule has 1 atom stereocenters. The van der Waals surface area contributed by atoms with Gasteiger partial charge in [0.15, 0.2) is 17.0 Å². The first kappa shape index (κ1) is 26.4. The summed E-state index contributed by atoms with van der Waals surface area (Å²) in [6.45, 7) is 1.38. The second-order valence-corrected chi connectivity index (χ2v) is 9.42. The van der Waals surface area contributed by atoms with Crippen molar-refractivity contribution in [3.63, 3.8) is 0 Å². The molecule has 0 spiro atoms. The van der Waals surface area contributed by atoms with E-state index in [2.05, 4.69) is 26.3 Å². The number of fused-ring (bicyclic) bond motifs is 1. The maximum absolute atomic E-state index is 10.4. The van der Waals surface area contributed by atoms with E-state index >= 15 is 0 Å². The standard InChI is InChI=1S/C28H30N6O5/c1-34(2)28(35)16-11-22(36-3)26(31-14-16)23-12-20-27(39-23)25(24(37-4)15-30-20)19-6-5-18(21(13-29)33-19)32-17-7-9-38-10-8-17/h5-6,11-12,14-15,17,28,32,35H,7-10H2,1-4H3. The van der Waals surface area contributed by atoms with E-state index in [9.17, 15) is 10.4 Å². The minimum Gasteiger partial charge on any atom is -0.494 e. The van der Waals surface area contributed by atoms with E-state index in [1.807, 2.05) is 12.1 Å². The summed E-state index contributed by atoms with van der Waals surface area (Å²) in [5.74, 6) is 1.32. The molecule has 4 aromatic heterocycles. The van der Waals surface area contributed by atoms with Gasteiger partial charge in [0, 0.05) is 37.1 Å². The van der Waals surface area contributed by atoms with Crippen LogP contribution in [0, 0.1) is 11.3 Å². The minimum atomic E-state index is -0.835. The van der Waals surface area contributed by atoms with E-state index in [-0.39, 0.29) is 11.7 Å². The molecule has 1 aliphatic rings. The van der Waals surface area contributed by atoms with Crippen LogP contribution >= 0.6 is 0 Å². The summed E-state index contributed by atoms with van der Waals surface area (Å²) in [6.07, 6.45) is 4.08. The van der Waals surface area contributed by atoms with Crippen LogP contribution in [0.25, 0.3) is 33.8 Å². The Bertz CT molecular complexity index is 1520. The lowest BCUT2D eigenvalue weighted by Gasteiger charge is -2.24. The molecule has 0 saturated carbocycles. The number of anilines is 1. The van der Waals surface area contributed by atoms with Crippen molar-refractivity contribution in [3.05, 3.63) is 47.9 Å². The minimum absolute atomic E-state index is 0.223. The number of nitriles is 1. The predicted octanol–water partition coefficient (Wildman–Crippen LogP) is 3.98. The third kappa shape index (κ3) is 5.22. The van der Waals surface area contributed by atoms with Gasteiger partial charge in [0.2, 0.25) is 0 Å². The molecule has 11 heteroatoms. The smallest absolute Gasteiger partial charge is 0.166 e. The first-order chi connectivity index (χ1) is 18.9. The first-order valence-electron chi connectivity index (χ1n) is 12.5. The number of hydrogen-bond acceptors (Lipinski definition) is 11. The van der Waals surface area contributed by atoms with Gasteiger partial charge in [-0.2, -0.15) is 5.26 Å². The highest BCUT2D eigenvalue weighted by Gasteiger charge is 2.23. The fraction of sp³-hybridized carbons (Fsp3) is 0.357.